The highest BCUT2D eigenvalue weighted by Crippen LogP contribution is 2.23. The Bertz CT molecular complexity index is 596. The van der Waals surface area contributed by atoms with Crippen LogP contribution in [0, 0.1) is 0 Å². The van der Waals surface area contributed by atoms with Crippen LogP contribution in [-0.4, -0.2) is 52.9 Å². The molecule has 0 aromatic rings. The summed E-state index contributed by atoms with van der Waals surface area (Å²) in [7, 11) is 3.04. The van der Waals surface area contributed by atoms with Crippen molar-refractivity contribution in [1.82, 2.24) is 5.32 Å². The zero-order valence-electron chi connectivity index (χ0n) is 24.1. The first-order chi connectivity index (χ1) is 18.4. The third kappa shape index (κ3) is 25.5. The summed E-state index contributed by atoms with van der Waals surface area (Å²) in [6.07, 6.45) is 21.9. The van der Waals surface area contributed by atoms with Crippen molar-refractivity contribution in [2.45, 2.75) is 147 Å². The number of carbonyl (C=O) groups is 3. The minimum absolute atomic E-state index is 0.107. The summed E-state index contributed by atoms with van der Waals surface area (Å²) in [5, 5.41) is 11.5. The van der Waals surface area contributed by atoms with Crippen LogP contribution in [0.2, 0.25) is 0 Å². The predicted molar refractivity (Wildman–Crippen MR) is 165 cm³/mol. The van der Waals surface area contributed by atoms with Crippen LogP contribution < -0.4 is 16.8 Å². The molecular formula is C29H57N3O4S2. The summed E-state index contributed by atoms with van der Waals surface area (Å²) >= 11 is 0. The van der Waals surface area contributed by atoms with E-state index in [-0.39, 0.29) is 11.7 Å². The minimum Gasteiger partial charge on any atom is -0.481 e. The number of carboxylic acid groups (broad SMARTS) is 1. The molecule has 7 nitrogen and oxygen atoms in total. The second-order valence-electron chi connectivity index (χ2n) is 10.4. The first-order valence-electron chi connectivity index (χ1n) is 15.2. The largest absolute Gasteiger partial charge is 0.481 e. The molecule has 9 heteroatoms. The van der Waals surface area contributed by atoms with Crippen molar-refractivity contribution in [2.75, 3.05) is 18.1 Å². The van der Waals surface area contributed by atoms with E-state index in [9.17, 15) is 14.4 Å². The maximum Gasteiger partial charge on any atom is 0.303 e. The Hall–Kier alpha value is -0.770. The number of ketones is 1. The number of carbonyl (C=O) groups excluding carboxylic acids is 2. The number of hydrogen-bond acceptors (Lipinski definition) is 7. The van der Waals surface area contributed by atoms with Crippen LogP contribution in [0.25, 0.3) is 0 Å². The van der Waals surface area contributed by atoms with Crippen LogP contribution in [-0.2, 0) is 14.4 Å². The van der Waals surface area contributed by atoms with Gasteiger partial charge in [-0.15, -0.1) is 0 Å². The summed E-state index contributed by atoms with van der Waals surface area (Å²) in [5.41, 5.74) is 12.0. The van der Waals surface area contributed by atoms with Gasteiger partial charge in [0, 0.05) is 30.9 Å². The van der Waals surface area contributed by atoms with Crippen molar-refractivity contribution in [1.29, 1.82) is 0 Å². The van der Waals surface area contributed by atoms with E-state index in [1.54, 1.807) is 0 Å². The molecule has 1 amide bonds. The number of hydrogen-bond donors (Lipinski definition) is 4. The highest BCUT2D eigenvalue weighted by atomic mass is 33.1. The van der Waals surface area contributed by atoms with Crippen LogP contribution in [0.4, 0.5) is 0 Å². The highest BCUT2D eigenvalue weighted by Gasteiger charge is 2.16. The maximum atomic E-state index is 12.3. The van der Waals surface area contributed by atoms with E-state index in [1.165, 1.54) is 92.2 Å². The zero-order chi connectivity index (χ0) is 28.3. The third-order valence-corrected chi connectivity index (χ3v) is 9.20. The van der Waals surface area contributed by atoms with Gasteiger partial charge in [-0.3, -0.25) is 14.4 Å². The van der Waals surface area contributed by atoms with Gasteiger partial charge in [0.1, 0.15) is 5.78 Å². The van der Waals surface area contributed by atoms with Crippen LogP contribution >= 0.6 is 21.6 Å². The molecule has 0 spiro atoms. The molecule has 0 bridgehead atoms. The molecule has 0 fully saturated rings. The van der Waals surface area contributed by atoms with Crippen LogP contribution in [0.3, 0.4) is 0 Å². The Balaban J connectivity index is 3.44. The molecule has 0 saturated carbocycles. The van der Waals surface area contributed by atoms with E-state index >= 15 is 0 Å². The summed E-state index contributed by atoms with van der Waals surface area (Å²) < 4.78 is 0. The van der Waals surface area contributed by atoms with Gasteiger partial charge in [0.15, 0.2) is 0 Å². The fraction of sp³-hybridized carbons (Fsp3) is 0.897. The lowest BCUT2D eigenvalue weighted by Crippen LogP contribution is -2.42. The molecule has 0 rings (SSSR count). The quantitative estimate of drug-likeness (QED) is 0.0577. The van der Waals surface area contributed by atoms with Crippen LogP contribution in [0.1, 0.15) is 135 Å². The summed E-state index contributed by atoms with van der Waals surface area (Å²) in [6, 6.07) is -0.969. The smallest absolute Gasteiger partial charge is 0.303 e. The molecule has 2 unspecified atom stereocenters. The lowest BCUT2D eigenvalue weighted by Gasteiger charge is -2.13. The highest BCUT2D eigenvalue weighted by molar-refractivity contribution is 8.76. The number of Topliss-reactive ketones (excluding diaryl/α,β-unsaturated/α-hetero) is 1. The average molecular weight is 576 g/mol. The van der Waals surface area contributed by atoms with E-state index in [1.807, 2.05) is 0 Å². The first-order valence-corrected chi connectivity index (χ1v) is 17.6. The number of rotatable bonds is 29. The molecule has 6 N–H and O–H groups in total. The van der Waals surface area contributed by atoms with E-state index < -0.39 is 18.1 Å². The van der Waals surface area contributed by atoms with Crippen molar-refractivity contribution in [3.63, 3.8) is 0 Å². The Morgan fingerprint density at radius 3 is 1.50 bits per heavy atom. The number of aliphatic carboxylic acids is 1. The Morgan fingerprint density at radius 2 is 1.05 bits per heavy atom. The lowest BCUT2D eigenvalue weighted by molar-refractivity contribution is -0.137. The molecule has 0 aromatic heterocycles. The normalized spacial score (nSPS) is 12.8. The fourth-order valence-corrected chi connectivity index (χ4v) is 6.47. The zero-order valence-corrected chi connectivity index (χ0v) is 25.7. The second kappa shape index (κ2) is 27.8. The van der Waals surface area contributed by atoms with E-state index in [2.05, 4.69) is 12.2 Å². The van der Waals surface area contributed by atoms with Gasteiger partial charge in [-0.1, -0.05) is 125 Å². The van der Waals surface area contributed by atoms with Crippen molar-refractivity contribution < 1.29 is 19.5 Å². The molecule has 0 radical (unpaired) electrons. The second-order valence-corrected chi connectivity index (χ2v) is 13.0. The number of unbranched alkanes of at least 4 members (excludes halogenated alkanes) is 16. The van der Waals surface area contributed by atoms with Gasteiger partial charge in [-0.05, 0) is 19.3 Å². The molecule has 0 aliphatic rings. The van der Waals surface area contributed by atoms with E-state index in [4.69, 9.17) is 16.6 Å². The summed E-state index contributed by atoms with van der Waals surface area (Å²) in [5.74, 6) is 0.421. The summed E-state index contributed by atoms with van der Waals surface area (Å²) in [6.45, 7) is 2.81. The van der Waals surface area contributed by atoms with Gasteiger partial charge in [-0.2, -0.15) is 0 Å². The molecule has 224 valence electrons. The van der Waals surface area contributed by atoms with Crippen LogP contribution in [0.5, 0.6) is 0 Å². The van der Waals surface area contributed by atoms with Gasteiger partial charge in [-0.25, -0.2) is 0 Å². The first kappa shape index (κ1) is 37.2. The van der Waals surface area contributed by atoms with Crippen LogP contribution in [0.15, 0.2) is 0 Å². The van der Waals surface area contributed by atoms with E-state index in [0.29, 0.717) is 30.9 Å². The van der Waals surface area contributed by atoms with Gasteiger partial charge in [0.05, 0.1) is 12.1 Å². The maximum absolute atomic E-state index is 12.3. The molecule has 38 heavy (non-hydrogen) atoms. The minimum atomic E-state index is -0.680. The Kier molecular flexibility index (Phi) is 27.2. The fourth-order valence-electron chi connectivity index (χ4n) is 4.19. The number of nitrogens with one attached hydrogen (secondary N) is 1. The molecule has 0 heterocycles. The van der Waals surface area contributed by atoms with Crippen molar-refractivity contribution in [2.24, 2.45) is 11.5 Å². The molecule has 2 atom stereocenters. The predicted octanol–water partition coefficient (Wildman–Crippen LogP) is 6.61. The third-order valence-electron chi connectivity index (χ3n) is 6.72. The van der Waals surface area contributed by atoms with Gasteiger partial charge < -0.3 is 21.9 Å². The summed E-state index contributed by atoms with van der Waals surface area (Å²) in [4.78, 5) is 34.7. The van der Waals surface area contributed by atoms with Gasteiger partial charge >= 0.3 is 5.97 Å². The molecule has 0 saturated heterocycles. The molecule has 0 aliphatic carbocycles. The number of nitrogens with two attached hydrogens (primary N) is 2. The Labute approximate surface area is 240 Å². The standard InChI is InChI=1S/C29H57N3O4S2/c1-2-3-19-22-32-29(36)26(31)24-38-37-23-25(30)27(33)20-17-15-13-11-9-7-5-4-6-8-10-12-14-16-18-21-28(34)35/h25-26H,2-24,30-31H2,1H3,(H,32,36)(H,34,35). The van der Waals surface area contributed by atoms with Gasteiger partial charge in [0.25, 0.3) is 0 Å². The molecule has 0 aliphatic heterocycles. The monoisotopic (exact) mass is 575 g/mol. The van der Waals surface area contributed by atoms with Crippen molar-refractivity contribution >= 4 is 39.2 Å². The van der Waals surface area contributed by atoms with Crippen molar-refractivity contribution in [3.8, 4) is 0 Å². The van der Waals surface area contributed by atoms with Crippen molar-refractivity contribution in [3.05, 3.63) is 0 Å². The molecule has 0 aromatic carbocycles. The average Bonchev–Trinajstić information content (AvgIpc) is 2.90. The SMILES string of the molecule is CCCCCNC(=O)C(N)CSSCC(N)C(=O)CCCCCCCCCCCCCCCCCC(=O)O. The lowest BCUT2D eigenvalue weighted by atomic mass is 10.0. The van der Waals surface area contributed by atoms with Gasteiger partial charge in [0.2, 0.25) is 5.91 Å². The molecular weight excluding hydrogens is 518 g/mol. The number of amides is 1. The number of carboxylic acids is 1. The Morgan fingerprint density at radius 1 is 0.632 bits per heavy atom. The topological polar surface area (TPSA) is 136 Å². The van der Waals surface area contributed by atoms with E-state index in [0.717, 1.165) is 44.9 Å².